The molecule has 1 atom stereocenters. The van der Waals surface area contributed by atoms with Gasteiger partial charge in [-0.05, 0) is 12.8 Å². The number of sulfonamides is 1. The van der Waals surface area contributed by atoms with E-state index in [1.54, 1.807) is 11.6 Å². The van der Waals surface area contributed by atoms with Crippen molar-refractivity contribution in [3.05, 3.63) is 11.6 Å². The molecule has 2 aromatic heterocycles. The van der Waals surface area contributed by atoms with Crippen molar-refractivity contribution in [3.63, 3.8) is 0 Å². The minimum Gasteiger partial charge on any atom is -0.380 e. The molecule has 1 aliphatic rings. The second-order valence-corrected chi connectivity index (χ2v) is 7.00. The number of fused-ring (bicyclic) bond motifs is 1. The van der Waals surface area contributed by atoms with E-state index in [-0.39, 0.29) is 16.9 Å². The highest BCUT2D eigenvalue weighted by molar-refractivity contribution is 7.89. The van der Waals surface area contributed by atoms with Crippen LogP contribution in [0.3, 0.4) is 0 Å². The van der Waals surface area contributed by atoms with Gasteiger partial charge in [0.15, 0.2) is 10.8 Å². The standard InChI is InChI=1S/C10H15N5O3S2/c11-13-8-9(15-3-5-19-10(15)12-8)20(16,17)14-7-2-1-4-18-6-7/h3,5,7,13-14H,1-2,4,6,11H2. The summed E-state index contributed by atoms with van der Waals surface area (Å²) in [6.07, 6.45) is 3.26. The summed E-state index contributed by atoms with van der Waals surface area (Å²) in [6, 6.07) is -0.219. The third-order valence-corrected chi connectivity index (χ3v) is 5.39. The maximum absolute atomic E-state index is 12.5. The third-order valence-electron chi connectivity index (χ3n) is 3.09. The summed E-state index contributed by atoms with van der Waals surface area (Å²) in [4.78, 5) is 4.71. The molecule has 1 saturated heterocycles. The molecule has 0 amide bonds. The Morgan fingerprint density at radius 3 is 3.10 bits per heavy atom. The Labute approximate surface area is 120 Å². The highest BCUT2D eigenvalue weighted by Gasteiger charge is 2.29. The first-order valence-electron chi connectivity index (χ1n) is 6.14. The summed E-state index contributed by atoms with van der Waals surface area (Å²) in [5.74, 6) is 5.51. The van der Waals surface area contributed by atoms with Crippen LogP contribution in [0.1, 0.15) is 12.8 Å². The highest BCUT2D eigenvalue weighted by atomic mass is 32.2. The van der Waals surface area contributed by atoms with E-state index in [1.807, 2.05) is 0 Å². The maximum Gasteiger partial charge on any atom is 0.260 e. The lowest BCUT2D eigenvalue weighted by Gasteiger charge is -2.22. The first kappa shape index (κ1) is 13.8. The Hall–Kier alpha value is -1.20. The molecule has 4 N–H and O–H groups in total. The molecular formula is C10H15N5O3S2. The van der Waals surface area contributed by atoms with Crippen molar-refractivity contribution in [2.45, 2.75) is 23.9 Å². The van der Waals surface area contributed by atoms with E-state index in [0.29, 0.717) is 18.2 Å². The van der Waals surface area contributed by atoms with E-state index >= 15 is 0 Å². The fourth-order valence-corrected chi connectivity index (χ4v) is 4.50. The number of imidazole rings is 1. The van der Waals surface area contributed by atoms with E-state index in [2.05, 4.69) is 15.1 Å². The van der Waals surface area contributed by atoms with Crippen LogP contribution in [0.4, 0.5) is 5.82 Å². The molecule has 20 heavy (non-hydrogen) atoms. The Kier molecular flexibility index (Phi) is 3.65. The molecule has 0 aliphatic carbocycles. The predicted molar refractivity (Wildman–Crippen MR) is 75.0 cm³/mol. The number of ether oxygens (including phenoxy) is 1. The molecule has 3 rings (SSSR count). The number of hydrogen-bond acceptors (Lipinski definition) is 7. The number of nitrogens with two attached hydrogens (primary N) is 1. The van der Waals surface area contributed by atoms with Crippen molar-refractivity contribution in [1.82, 2.24) is 14.1 Å². The summed E-state index contributed by atoms with van der Waals surface area (Å²) in [5.41, 5.74) is 2.34. The number of nitrogens with zero attached hydrogens (tertiary/aromatic N) is 2. The molecule has 2 aromatic rings. The van der Waals surface area contributed by atoms with Gasteiger partial charge in [0.25, 0.3) is 10.0 Å². The number of nitrogens with one attached hydrogen (secondary N) is 2. The van der Waals surface area contributed by atoms with Crippen LogP contribution in [0.15, 0.2) is 16.6 Å². The molecule has 1 unspecified atom stereocenters. The Balaban J connectivity index is 1.97. The fraction of sp³-hybridized carbons (Fsp3) is 0.500. The van der Waals surface area contributed by atoms with Gasteiger partial charge >= 0.3 is 0 Å². The van der Waals surface area contributed by atoms with Gasteiger partial charge in [0.2, 0.25) is 5.03 Å². The van der Waals surface area contributed by atoms with Crippen LogP contribution in [-0.4, -0.2) is 37.1 Å². The number of nitrogen functional groups attached to an aromatic ring is 1. The summed E-state index contributed by atoms with van der Waals surface area (Å²) in [7, 11) is -3.72. The SMILES string of the molecule is NNc1nc2sccn2c1S(=O)(=O)NC1CCCOC1. The average molecular weight is 317 g/mol. The first-order valence-corrected chi connectivity index (χ1v) is 8.50. The van der Waals surface area contributed by atoms with Crippen LogP contribution in [0, 0.1) is 0 Å². The maximum atomic E-state index is 12.5. The van der Waals surface area contributed by atoms with Gasteiger partial charge in [0.05, 0.1) is 6.61 Å². The zero-order valence-electron chi connectivity index (χ0n) is 10.6. The molecule has 0 aromatic carbocycles. The lowest BCUT2D eigenvalue weighted by atomic mass is 10.1. The quantitative estimate of drug-likeness (QED) is 0.546. The molecular weight excluding hydrogens is 302 g/mol. The van der Waals surface area contributed by atoms with E-state index in [4.69, 9.17) is 10.6 Å². The monoisotopic (exact) mass is 317 g/mol. The summed E-state index contributed by atoms with van der Waals surface area (Å²) in [5, 5.41) is 1.80. The van der Waals surface area contributed by atoms with Gasteiger partial charge < -0.3 is 10.2 Å². The third kappa shape index (κ3) is 2.40. The minimum atomic E-state index is -3.72. The molecule has 3 heterocycles. The molecule has 0 bridgehead atoms. The predicted octanol–water partition coefficient (Wildman–Crippen LogP) is 0.139. The van der Waals surface area contributed by atoms with Gasteiger partial charge in [-0.15, -0.1) is 11.3 Å². The van der Waals surface area contributed by atoms with Crippen molar-refractivity contribution in [2.75, 3.05) is 18.6 Å². The molecule has 0 spiro atoms. The number of hydrazine groups is 1. The highest BCUT2D eigenvalue weighted by Crippen LogP contribution is 2.25. The van der Waals surface area contributed by atoms with Crippen LogP contribution in [0.25, 0.3) is 4.96 Å². The number of hydrogen-bond donors (Lipinski definition) is 3. The van der Waals surface area contributed by atoms with E-state index in [1.165, 1.54) is 15.7 Å². The lowest BCUT2D eigenvalue weighted by Crippen LogP contribution is -2.41. The summed E-state index contributed by atoms with van der Waals surface area (Å²) >= 11 is 1.34. The molecule has 10 heteroatoms. The molecule has 1 fully saturated rings. The van der Waals surface area contributed by atoms with E-state index in [9.17, 15) is 8.42 Å². The Morgan fingerprint density at radius 1 is 1.55 bits per heavy atom. The first-order chi connectivity index (χ1) is 9.62. The van der Waals surface area contributed by atoms with Gasteiger partial charge in [-0.2, -0.15) is 4.98 Å². The zero-order chi connectivity index (χ0) is 14.2. The largest absolute Gasteiger partial charge is 0.380 e. The molecule has 8 nitrogen and oxygen atoms in total. The van der Waals surface area contributed by atoms with Crippen molar-refractivity contribution in [2.24, 2.45) is 5.84 Å². The normalized spacial score (nSPS) is 20.4. The summed E-state index contributed by atoms with van der Waals surface area (Å²) in [6.45, 7) is 1.06. The topological polar surface area (TPSA) is 111 Å². The molecule has 0 radical (unpaired) electrons. The second-order valence-electron chi connectivity index (χ2n) is 4.50. The van der Waals surface area contributed by atoms with Gasteiger partial charge in [0.1, 0.15) is 0 Å². The summed E-state index contributed by atoms with van der Waals surface area (Å²) < 4.78 is 34.5. The number of thiazole rings is 1. The van der Waals surface area contributed by atoms with Crippen molar-refractivity contribution >= 4 is 32.1 Å². The average Bonchev–Trinajstić information content (AvgIpc) is 2.98. The van der Waals surface area contributed by atoms with Crippen molar-refractivity contribution < 1.29 is 13.2 Å². The van der Waals surface area contributed by atoms with Crippen LogP contribution in [0.5, 0.6) is 0 Å². The smallest absolute Gasteiger partial charge is 0.260 e. The molecule has 1 aliphatic heterocycles. The van der Waals surface area contributed by atoms with Crippen LogP contribution in [-0.2, 0) is 14.8 Å². The van der Waals surface area contributed by atoms with Gasteiger partial charge in [0, 0.05) is 24.2 Å². The van der Waals surface area contributed by atoms with E-state index < -0.39 is 10.0 Å². The van der Waals surface area contributed by atoms with Gasteiger partial charge in [-0.3, -0.25) is 4.40 Å². The number of aromatic nitrogens is 2. The number of rotatable bonds is 4. The van der Waals surface area contributed by atoms with Crippen LogP contribution in [0.2, 0.25) is 0 Å². The zero-order valence-corrected chi connectivity index (χ0v) is 12.2. The van der Waals surface area contributed by atoms with Crippen LogP contribution >= 0.6 is 11.3 Å². The second kappa shape index (κ2) is 5.30. The van der Waals surface area contributed by atoms with E-state index in [0.717, 1.165) is 12.8 Å². The Morgan fingerprint density at radius 2 is 2.40 bits per heavy atom. The minimum absolute atomic E-state index is 0.0295. The lowest BCUT2D eigenvalue weighted by molar-refractivity contribution is 0.0774. The molecule has 110 valence electrons. The Bertz CT molecular complexity index is 702. The fourth-order valence-electron chi connectivity index (χ4n) is 2.22. The van der Waals surface area contributed by atoms with Crippen molar-refractivity contribution in [1.29, 1.82) is 0 Å². The van der Waals surface area contributed by atoms with Gasteiger partial charge in [-0.1, -0.05) is 0 Å². The van der Waals surface area contributed by atoms with Gasteiger partial charge in [-0.25, -0.2) is 19.0 Å². The van der Waals surface area contributed by atoms with Crippen molar-refractivity contribution in [3.8, 4) is 0 Å². The van der Waals surface area contributed by atoms with Crippen LogP contribution < -0.4 is 16.0 Å². The number of anilines is 1. The molecule has 0 saturated carbocycles.